The average molecular weight is 254 g/mol. The molecule has 2 N–H and O–H groups in total. The highest BCUT2D eigenvalue weighted by atomic mass is 16.3. The number of furan rings is 1. The highest BCUT2D eigenvalue weighted by molar-refractivity contribution is 5.86. The summed E-state index contributed by atoms with van der Waals surface area (Å²) in [7, 11) is 1.82. The van der Waals surface area contributed by atoms with Gasteiger partial charge in [0.25, 0.3) is 0 Å². The Balaban J connectivity index is 2.28. The van der Waals surface area contributed by atoms with Crippen molar-refractivity contribution in [3.05, 3.63) is 42.5 Å². The van der Waals surface area contributed by atoms with E-state index >= 15 is 0 Å². The quantitative estimate of drug-likeness (QED) is 0.763. The molecule has 19 heavy (non-hydrogen) atoms. The van der Waals surface area contributed by atoms with E-state index in [1.807, 2.05) is 38.2 Å². The van der Waals surface area contributed by atoms with E-state index in [4.69, 9.17) is 10.2 Å². The molecule has 3 rings (SSSR count). The number of nitrogen functional groups attached to an aromatic ring is 1. The molecule has 5 nitrogen and oxygen atoms in total. The monoisotopic (exact) mass is 254 g/mol. The molecule has 3 aromatic rings. The Morgan fingerprint density at radius 1 is 1.26 bits per heavy atom. The molecule has 0 bridgehead atoms. The summed E-state index contributed by atoms with van der Waals surface area (Å²) < 4.78 is 7.01. The lowest BCUT2D eigenvalue weighted by atomic mass is 10.1. The summed E-state index contributed by atoms with van der Waals surface area (Å²) in [6.45, 7) is 1.91. The minimum Gasteiger partial charge on any atom is -0.469 e. The summed E-state index contributed by atoms with van der Waals surface area (Å²) in [5.41, 5.74) is 9.50. The molecule has 0 atom stereocenters. The van der Waals surface area contributed by atoms with Crippen LogP contribution in [0.15, 0.2) is 41.1 Å². The van der Waals surface area contributed by atoms with Gasteiger partial charge in [-0.15, -0.1) is 0 Å². The Labute approximate surface area is 110 Å². The highest BCUT2D eigenvalue weighted by Gasteiger charge is 2.20. The number of anilines is 1. The van der Waals surface area contributed by atoms with E-state index in [-0.39, 0.29) is 0 Å². The van der Waals surface area contributed by atoms with Crippen LogP contribution in [0.1, 0.15) is 5.76 Å². The van der Waals surface area contributed by atoms with Gasteiger partial charge < -0.3 is 10.2 Å². The van der Waals surface area contributed by atoms with E-state index in [0.717, 1.165) is 28.3 Å². The van der Waals surface area contributed by atoms with Crippen LogP contribution in [0, 0.1) is 6.92 Å². The van der Waals surface area contributed by atoms with Gasteiger partial charge in [0.05, 0.1) is 17.5 Å². The lowest BCUT2D eigenvalue weighted by Crippen LogP contribution is -1.98. The zero-order chi connectivity index (χ0) is 13.4. The molecule has 96 valence electrons. The fourth-order valence-corrected chi connectivity index (χ4v) is 2.12. The van der Waals surface area contributed by atoms with E-state index in [2.05, 4.69) is 10.1 Å². The molecule has 0 unspecified atom stereocenters. The smallest absolute Gasteiger partial charge is 0.131 e. The third-order valence-corrected chi connectivity index (χ3v) is 3.13. The first kappa shape index (κ1) is 11.5. The van der Waals surface area contributed by atoms with E-state index in [0.29, 0.717) is 5.82 Å². The molecule has 5 heteroatoms. The molecule has 0 aromatic carbocycles. The van der Waals surface area contributed by atoms with Crippen LogP contribution in [0.2, 0.25) is 0 Å². The van der Waals surface area contributed by atoms with Crippen molar-refractivity contribution in [2.45, 2.75) is 6.92 Å². The van der Waals surface area contributed by atoms with Gasteiger partial charge in [-0.05, 0) is 25.1 Å². The summed E-state index contributed by atoms with van der Waals surface area (Å²) in [6.07, 6.45) is 3.39. The highest BCUT2D eigenvalue weighted by Crippen LogP contribution is 2.36. The van der Waals surface area contributed by atoms with Crippen molar-refractivity contribution in [2.75, 3.05) is 5.73 Å². The second-order valence-corrected chi connectivity index (χ2v) is 4.34. The molecule has 0 saturated carbocycles. The number of hydrogen-bond donors (Lipinski definition) is 1. The van der Waals surface area contributed by atoms with Crippen LogP contribution in [-0.4, -0.2) is 14.8 Å². The Bertz CT molecular complexity index is 712. The standard InChI is InChI=1S/C14H14N4O/c1-9-10(6-8-19-9)13-12(14(15)18(2)17-13)11-5-3-4-7-16-11/h3-8H,15H2,1-2H3. The zero-order valence-electron chi connectivity index (χ0n) is 10.8. The van der Waals surface area contributed by atoms with Crippen molar-refractivity contribution in [1.82, 2.24) is 14.8 Å². The summed E-state index contributed by atoms with van der Waals surface area (Å²) >= 11 is 0. The van der Waals surface area contributed by atoms with Gasteiger partial charge in [0.15, 0.2) is 0 Å². The Morgan fingerprint density at radius 3 is 2.74 bits per heavy atom. The van der Waals surface area contributed by atoms with E-state index in [1.54, 1.807) is 17.1 Å². The molecular weight excluding hydrogens is 240 g/mol. The van der Waals surface area contributed by atoms with Crippen LogP contribution in [-0.2, 0) is 7.05 Å². The Kier molecular flexibility index (Phi) is 2.59. The molecule has 0 fully saturated rings. The lowest BCUT2D eigenvalue weighted by molar-refractivity contribution is 0.535. The van der Waals surface area contributed by atoms with Crippen molar-refractivity contribution < 1.29 is 4.42 Å². The first-order valence-electron chi connectivity index (χ1n) is 5.97. The maximum atomic E-state index is 6.12. The van der Waals surface area contributed by atoms with E-state index in [9.17, 15) is 0 Å². The van der Waals surface area contributed by atoms with Crippen molar-refractivity contribution in [3.8, 4) is 22.5 Å². The van der Waals surface area contributed by atoms with Crippen molar-refractivity contribution in [1.29, 1.82) is 0 Å². The second kappa shape index (κ2) is 4.28. The number of aryl methyl sites for hydroxylation is 2. The van der Waals surface area contributed by atoms with E-state index in [1.165, 1.54) is 0 Å². The SMILES string of the molecule is Cc1occc1-c1nn(C)c(N)c1-c1ccccn1. The second-order valence-electron chi connectivity index (χ2n) is 4.34. The summed E-state index contributed by atoms with van der Waals surface area (Å²) in [5, 5.41) is 4.48. The third kappa shape index (κ3) is 1.79. The predicted octanol–water partition coefficient (Wildman–Crippen LogP) is 2.63. The van der Waals surface area contributed by atoms with Gasteiger partial charge in [0, 0.05) is 18.8 Å². The van der Waals surface area contributed by atoms with Gasteiger partial charge in [0.2, 0.25) is 0 Å². The van der Waals surface area contributed by atoms with Gasteiger partial charge >= 0.3 is 0 Å². The first-order chi connectivity index (χ1) is 9.18. The van der Waals surface area contributed by atoms with Gasteiger partial charge in [0.1, 0.15) is 17.3 Å². The normalized spacial score (nSPS) is 10.8. The van der Waals surface area contributed by atoms with Crippen LogP contribution in [0.3, 0.4) is 0 Å². The molecule has 3 aromatic heterocycles. The van der Waals surface area contributed by atoms with Gasteiger partial charge in [-0.1, -0.05) is 6.07 Å². The fourth-order valence-electron chi connectivity index (χ4n) is 2.12. The number of nitrogens with zero attached hydrogens (tertiary/aromatic N) is 3. The fraction of sp³-hybridized carbons (Fsp3) is 0.143. The molecule has 0 aliphatic heterocycles. The van der Waals surface area contributed by atoms with Crippen molar-refractivity contribution in [3.63, 3.8) is 0 Å². The van der Waals surface area contributed by atoms with Crippen LogP contribution in [0.4, 0.5) is 5.82 Å². The molecule has 0 spiro atoms. The number of rotatable bonds is 2. The summed E-state index contributed by atoms with van der Waals surface area (Å²) in [5.74, 6) is 1.41. The largest absolute Gasteiger partial charge is 0.469 e. The topological polar surface area (TPSA) is 69.9 Å². The average Bonchev–Trinajstić information content (AvgIpc) is 2.96. The molecule has 0 aliphatic rings. The number of hydrogen-bond acceptors (Lipinski definition) is 4. The maximum absolute atomic E-state index is 6.12. The summed E-state index contributed by atoms with van der Waals surface area (Å²) in [6, 6.07) is 7.62. The zero-order valence-corrected chi connectivity index (χ0v) is 10.8. The Morgan fingerprint density at radius 2 is 2.11 bits per heavy atom. The molecule has 0 radical (unpaired) electrons. The summed E-state index contributed by atoms with van der Waals surface area (Å²) in [4.78, 5) is 4.36. The Hall–Kier alpha value is -2.56. The molecular formula is C14H14N4O. The molecule has 0 amide bonds. The van der Waals surface area contributed by atoms with Crippen molar-refractivity contribution >= 4 is 5.82 Å². The first-order valence-corrected chi connectivity index (χ1v) is 5.97. The predicted molar refractivity (Wildman–Crippen MR) is 73.3 cm³/mol. The number of nitrogens with two attached hydrogens (primary N) is 1. The minimum atomic E-state index is 0.592. The minimum absolute atomic E-state index is 0.592. The number of pyridine rings is 1. The van der Waals surface area contributed by atoms with Gasteiger partial charge in [-0.25, -0.2) is 0 Å². The van der Waals surface area contributed by atoms with Crippen LogP contribution in [0.25, 0.3) is 22.5 Å². The molecule has 0 aliphatic carbocycles. The van der Waals surface area contributed by atoms with Crippen molar-refractivity contribution in [2.24, 2.45) is 7.05 Å². The van der Waals surface area contributed by atoms with Gasteiger partial charge in [-0.3, -0.25) is 9.67 Å². The van der Waals surface area contributed by atoms with Crippen LogP contribution < -0.4 is 5.73 Å². The van der Waals surface area contributed by atoms with E-state index < -0.39 is 0 Å². The van der Waals surface area contributed by atoms with Crippen LogP contribution >= 0.6 is 0 Å². The van der Waals surface area contributed by atoms with Crippen LogP contribution in [0.5, 0.6) is 0 Å². The van der Waals surface area contributed by atoms with Gasteiger partial charge in [-0.2, -0.15) is 5.10 Å². The number of aromatic nitrogens is 3. The lowest BCUT2D eigenvalue weighted by Gasteiger charge is -2.02. The third-order valence-electron chi connectivity index (χ3n) is 3.13. The molecule has 3 heterocycles. The molecule has 0 saturated heterocycles. The maximum Gasteiger partial charge on any atom is 0.131 e.